The van der Waals surface area contributed by atoms with Crippen molar-refractivity contribution in [2.24, 2.45) is 0 Å². The van der Waals surface area contributed by atoms with E-state index in [0.717, 1.165) is 11.3 Å². The second kappa shape index (κ2) is 6.85. The van der Waals surface area contributed by atoms with Crippen LogP contribution in [0.15, 0.2) is 58.7 Å². The Morgan fingerprint density at radius 1 is 0.964 bits per heavy atom. The van der Waals surface area contributed by atoms with E-state index in [2.05, 4.69) is 0 Å². The summed E-state index contributed by atoms with van der Waals surface area (Å²) in [5.41, 5.74) is 2.53. The van der Waals surface area contributed by atoms with Crippen LogP contribution in [0.1, 0.15) is 43.4 Å². The highest BCUT2D eigenvalue weighted by Gasteiger charge is 2.31. The number of furan rings is 1. The summed E-state index contributed by atoms with van der Waals surface area (Å²) in [4.78, 5) is 25.0. The van der Waals surface area contributed by atoms with Gasteiger partial charge in [0, 0.05) is 11.6 Å². The van der Waals surface area contributed by atoms with E-state index in [1.165, 1.54) is 0 Å². The van der Waals surface area contributed by atoms with E-state index in [1.807, 2.05) is 32.0 Å². The number of ketones is 1. The maximum atomic E-state index is 12.6. The van der Waals surface area contributed by atoms with Crippen LogP contribution in [0.2, 0.25) is 0 Å². The average molecular weight is 374 g/mol. The minimum atomic E-state index is -0.464. The van der Waals surface area contributed by atoms with Crippen molar-refractivity contribution in [3.05, 3.63) is 88.1 Å². The second-order valence-electron chi connectivity index (χ2n) is 6.71. The van der Waals surface area contributed by atoms with Crippen LogP contribution in [0.4, 0.5) is 0 Å². The number of esters is 1. The first kappa shape index (κ1) is 17.8. The molecule has 4 rings (SSSR count). The molecule has 0 N–H and O–H groups in total. The molecule has 1 aliphatic rings. The number of allylic oxidation sites excluding steroid dienone is 1. The fourth-order valence-electron chi connectivity index (χ4n) is 2.99. The zero-order chi connectivity index (χ0) is 19.8. The average Bonchev–Trinajstić information content (AvgIpc) is 3.22. The molecule has 0 saturated carbocycles. The largest absolute Gasteiger partial charge is 0.462 e. The predicted octanol–water partition coefficient (Wildman–Crippen LogP) is 5.04. The molecule has 0 atom stereocenters. The van der Waals surface area contributed by atoms with Crippen LogP contribution in [0, 0.1) is 20.8 Å². The SMILES string of the molecule is Cc1ccc(C(=O)Oc2ccc3c(c2C)O/C(=C\c2ccc(C)o2)C3=O)cc1. The Hall–Kier alpha value is -3.60. The molecule has 3 aromatic rings. The van der Waals surface area contributed by atoms with Crippen LogP contribution in [0.3, 0.4) is 0 Å². The van der Waals surface area contributed by atoms with E-state index in [4.69, 9.17) is 13.9 Å². The Morgan fingerprint density at radius 2 is 1.71 bits per heavy atom. The molecule has 0 amide bonds. The quantitative estimate of drug-likeness (QED) is 0.365. The monoisotopic (exact) mass is 374 g/mol. The third kappa shape index (κ3) is 3.22. The molecule has 28 heavy (non-hydrogen) atoms. The maximum Gasteiger partial charge on any atom is 0.343 e. The van der Waals surface area contributed by atoms with Gasteiger partial charge in [0.25, 0.3) is 0 Å². The van der Waals surface area contributed by atoms with Gasteiger partial charge in [0.2, 0.25) is 5.78 Å². The number of hydrogen-bond acceptors (Lipinski definition) is 5. The highest BCUT2D eigenvalue weighted by Crippen LogP contribution is 2.39. The van der Waals surface area contributed by atoms with Gasteiger partial charge in [0.15, 0.2) is 5.76 Å². The number of fused-ring (bicyclic) bond motifs is 1. The van der Waals surface area contributed by atoms with Gasteiger partial charge in [-0.2, -0.15) is 0 Å². The summed E-state index contributed by atoms with van der Waals surface area (Å²) in [5, 5.41) is 0. The Kier molecular flexibility index (Phi) is 4.35. The van der Waals surface area contributed by atoms with Gasteiger partial charge >= 0.3 is 5.97 Å². The number of carbonyl (C=O) groups is 2. The van der Waals surface area contributed by atoms with Crippen LogP contribution >= 0.6 is 0 Å². The summed E-state index contributed by atoms with van der Waals surface area (Å²) < 4.78 is 16.8. The summed E-state index contributed by atoms with van der Waals surface area (Å²) in [6, 6.07) is 13.9. The molecule has 140 valence electrons. The molecular formula is C23H18O5. The summed E-state index contributed by atoms with van der Waals surface area (Å²) in [5.74, 6) is 1.52. The predicted molar refractivity (Wildman–Crippen MR) is 104 cm³/mol. The molecule has 0 bridgehead atoms. The first-order chi connectivity index (χ1) is 13.4. The minimum absolute atomic E-state index is 0.175. The lowest BCUT2D eigenvalue weighted by Crippen LogP contribution is -2.09. The van der Waals surface area contributed by atoms with Crippen molar-refractivity contribution in [1.82, 2.24) is 0 Å². The number of rotatable bonds is 3. The first-order valence-electron chi connectivity index (χ1n) is 8.85. The van der Waals surface area contributed by atoms with Crippen molar-refractivity contribution in [1.29, 1.82) is 0 Å². The highest BCUT2D eigenvalue weighted by atomic mass is 16.5. The molecule has 5 nitrogen and oxygen atoms in total. The van der Waals surface area contributed by atoms with E-state index in [1.54, 1.807) is 43.3 Å². The topological polar surface area (TPSA) is 65.7 Å². The lowest BCUT2D eigenvalue weighted by molar-refractivity contribution is 0.0733. The lowest BCUT2D eigenvalue weighted by Gasteiger charge is -2.10. The smallest absolute Gasteiger partial charge is 0.343 e. The van der Waals surface area contributed by atoms with E-state index >= 15 is 0 Å². The van der Waals surface area contributed by atoms with Crippen LogP contribution in [-0.2, 0) is 0 Å². The minimum Gasteiger partial charge on any atom is -0.462 e. The zero-order valence-electron chi connectivity index (χ0n) is 15.7. The molecule has 0 spiro atoms. The lowest BCUT2D eigenvalue weighted by atomic mass is 10.1. The molecule has 0 aliphatic carbocycles. The Labute approximate surface area is 162 Å². The fourth-order valence-corrected chi connectivity index (χ4v) is 2.99. The van der Waals surface area contributed by atoms with E-state index < -0.39 is 5.97 Å². The number of Topliss-reactive ketones (excluding diaryl/α,β-unsaturated/α-hetero) is 1. The van der Waals surface area contributed by atoms with Crippen LogP contribution < -0.4 is 9.47 Å². The van der Waals surface area contributed by atoms with E-state index in [-0.39, 0.29) is 11.5 Å². The molecule has 1 aromatic heterocycles. The number of benzene rings is 2. The number of hydrogen-bond donors (Lipinski definition) is 0. The summed E-state index contributed by atoms with van der Waals surface area (Å²) in [6.07, 6.45) is 1.56. The molecule has 0 saturated heterocycles. The molecule has 1 aliphatic heterocycles. The highest BCUT2D eigenvalue weighted by molar-refractivity contribution is 6.14. The van der Waals surface area contributed by atoms with E-state index in [0.29, 0.717) is 33.9 Å². The fraction of sp³-hybridized carbons (Fsp3) is 0.130. The molecule has 0 fully saturated rings. The first-order valence-corrected chi connectivity index (χ1v) is 8.85. The van der Waals surface area contributed by atoms with Gasteiger partial charge in [-0.3, -0.25) is 4.79 Å². The Balaban J connectivity index is 1.61. The van der Waals surface area contributed by atoms with Gasteiger partial charge in [-0.1, -0.05) is 17.7 Å². The molecular weight excluding hydrogens is 356 g/mol. The molecule has 0 unspecified atom stereocenters. The number of carbonyl (C=O) groups excluding carboxylic acids is 2. The molecule has 5 heteroatoms. The van der Waals surface area contributed by atoms with Crippen molar-refractivity contribution in [3.8, 4) is 11.5 Å². The van der Waals surface area contributed by atoms with Crippen molar-refractivity contribution >= 4 is 17.8 Å². The van der Waals surface area contributed by atoms with Crippen LogP contribution in [0.25, 0.3) is 6.08 Å². The third-order valence-electron chi connectivity index (χ3n) is 4.56. The normalized spacial score (nSPS) is 14.1. The van der Waals surface area contributed by atoms with Crippen molar-refractivity contribution < 1.29 is 23.5 Å². The summed E-state index contributed by atoms with van der Waals surface area (Å²) in [6.45, 7) is 5.53. The standard InChI is InChI=1S/C23H18O5/c1-13-4-7-16(8-5-13)23(25)28-19-11-10-18-21(24)20(27-22(18)15(19)3)12-17-9-6-14(2)26-17/h4-12H,1-3H3/b20-12-. The molecule has 0 radical (unpaired) electrons. The van der Waals surface area contributed by atoms with Gasteiger partial charge in [-0.15, -0.1) is 0 Å². The van der Waals surface area contributed by atoms with Crippen molar-refractivity contribution in [3.63, 3.8) is 0 Å². The zero-order valence-corrected chi connectivity index (χ0v) is 15.7. The van der Waals surface area contributed by atoms with E-state index in [9.17, 15) is 9.59 Å². The van der Waals surface area contributed by atoms with Gasteiger partial charge < -0.3 is 13.9 Å². The van der Waals surface area contributed by atoms with Crippen LogP contribution in [-0.4, -0.2) is 11.8 Å². The van der Waals surface area contributed by atoms with Gasteiger partial charge in [-0.25, -0.2) is 4.79 Å². The second-order valence-corrected chi connectivity index (χ2v) is 6.71. The molecule has 2 heterocycles. The van der Waals surface area contributed by atoms with Crippen molar-refractivity contribution in [2.75, 3.05) is 0 Å². The Bertz CT molecular complexity index is 1120. The molecule has 2 aromatic carbocycles. The van der Waals surface area contributed by atoms with Gasteiger partial charge in [-0.05, 0) is 57.2 Å². The number of ether oxygens (including phenoxy) is 2. The van der Waals surface area contributed by atoms with Crippen molar-refractivity contribution in [2.45, 2.75) is 20.8 Å². The summed E-state index contributed by atoms with van der Waals surface area (Å²) in [7, 11) is 0. The number of aryl methyl sites for hydroxylation is 2. The maximum absolute atomic E-state index is 12.6. The van der Waals surface area contributed by atoms with Gasteiger partial charge in [0.05, 0.1) is 11.1 Å². The summed E-state index contributed by atoms with van der Waals surface area (Å²) >= 11 is 0. The van der Waals surface area contributed by atoms with Crippen LogP contribution in [0.5, 0.6) is 11.5 Å². The van der Waals surface area contributed by atoms with Gasteiger partial charge in [0.1, 0.15) is 23.0 Å². The third-order valence-corrected chi connectivity index (χ3v) is 4.56. The Morgan fingerprint density at radius 3 is 2.39 bits per heavy atom.